The van der Waals surface area contributed by atoms with Crippen LogP contribution in [0.3, 0.4) is 0 Å². The number of hydrogen-bond acceptors (Lipinski definition) is 3. The summed E-state index contributed by atoms with van der Waals surface area (Å²) in [6.07, 6.45) is 0.765. The molecule has 1 unspecified atom stereocenters. The van der Waals surface area contributed by atoms with Crippen molar-refractivity contribution in [3.05, 3.63) is 29.3 Å². The van der Waals surface area contributed by atoms with Crippen LogP contribution in [0.15, 0.2) is 18.2 Å². The van der Waals surface area contributed by atoms with Crippen LogP contribution in [0.1, 0.15) is 45.7 Å². The number of ether oxygens (including phenoxy) is 2. The number of halogens is 1. The lowest BCUT2D eigenvalue weighted by atomic mass is 9.83. The third-order valence-electron chi connectivity index (χ3n) is 3.85. The summed E-state index contributed by atoms with van der Waals surface area (Å²) in [5.41, 5.74) is -0.0289. The highest BCUT2D eigenvalue weighted by molar-refractivity contribution is 5.74. The third-order valence-corrected chi connectivity index (χ3v) is 3.85. The number of carbonyl (C=O) groups is 1. The van der Waals surface area contributed by atoms with Crippen LogP contribution in [0.4, 0.5) is 4.39 Å². The Labute approximate surface area is 131 Å². The summed E-state index contributed by atoms with van der Waals surface area (Å²) in [6, 6.07) is 5.62. The molecule has 0 radical (unpaired) electrons. The largest absolute Gasteiger partial charge is 0.493 e. The van der Waals surface area contributed by atoms with Crippen molar-refractivity contribution in [1.82, 2.24) is 0 Å². The van der Waals surface area contributed by atoms with Crippen molar-refractivity contribution in [2.45, 2.75) is 58.7 Å². The smallest absolute Gasteiger partial charge is 0.310 e. The molecule has 0 spiro atoms. The van der Waals surface area contributed by atoms with Gasteiger partial charge in [0.15, 0.2) is 0 Å². The fraction of sp³-hybridized carbons (Fsp3) is 0.611. The van der Waals surface area contributed by atoms with E-state index < -0.39 is 11.3 Å². The molecule has 1 aliphatic rings. The van der Waals surface area contributed by atoms with Gasteiger partial charge < -0.3 is 9.47 Å². The average Bonchev–Trinajstić information content (AvgIpc) is 2.35. The van der Waals surface area contributed by atoms with Crippen LogP contribution in [0, 0.1) is 5.92 Å². The monoisotopic (exact) mass is 308 g/mol. The molecule has 0 bridgehead atoms. The molecule has 1 aliphatic heterocycles. The molecule has 1 heterocycles. The summed E-state index contributed by atoms with van der Waals surface area (Å²) >= 11 is 0. The minimum Gasteiger partial charge on any atom is -0.493 e. The molecule has 1 aromatic carbocycles. The molecule has 2 rings (SSSR count). The van der Waals surface area contributed by atoms with Gasteiger partial charge in [0.25, 0.3) is 0 Å². The SMILES string of the molecule is CC(C)(C)OC(=O)Cc1cccc2c1CC(C(C)(C)F)CO2. The first-order valence-corrected chi connectivity index (χ1v) is 7.70. The molecule has 4 heteroatoms. The van der Waals surface area contributed by atoms with E-state index in [1.165, 1.54) is 0 Å². The van der Waals surface area contributed by atoms with Crippen molar-refractivity contribution in [3.63, 3.8) is 0 Å². The first-order chi connectivity index (χ1) is 10.1. The van der Waals surface area contributed by atoms with E-state index in [4.69, 9.17) is 9.47 Å². The molecule has 1 aromatic rings. The van der Waals surface area contributed by atoms with Crippen LogP contribution in [-0.2, 0) is 22.4 Å². The zero-order valence-electron chi connectivity index (χ0n) is 14.0. The van der Waals surface area contributed by atoms with Crippen LogP contribution in [-0.4, -0.2) is 23.8 Å². The zero-order valence-corrected chi connectivity index (χ0v) is 14.0. The van der Waals surface area contributed by atoms with E-state index in [-0.39, 0.29) is 18.3 Å². The van der Waals surface area contributed by atoms with E-state index in [1.807, 2.05) is 39.0 Å². The number of hydrogen-bond donors (Lipinski definition) is 0. The summed E-state index contributed by atoms with van der Waals surface area (Å²) in [7, 11) is 0. The second-order valence-electron chi connectivity index (χ2n) is 7.43. The van der Waals surface area contributed by atoms with Crippen LogP contribution in [0.25, 0.3) is 0 Å². The lowest BCUT2D eigenvalue weighted by Gasteiger charge is -2.33. The van der Waals surface area contributed by atoms with Gasteiger partial charge in [-0.1, -0.05) is 12.1 Å². The van der Waals surface area contributed by atoms with E-state index in [0.29, 0.717) is 13.0 Å². The molecular weight excluding hydrogens is 283 g/mol. The molecule has 0 saturated heterocycles. The van der Waals surface area contributed by atoms with Gasteiger partial charge in [-0.15, -0.1) is 0 Å². The van der Waals surface area contributed by atoms with Crippen LogP contribution >= 0.6 is 0 Å². The highest BCUT2D eigenvalue weighted by Crippen LogP contribution is 2.36. The Bertz CT molecular complexity index is 552. The topological polar surface area (TPSA) is 35.5 Å². The van der Waals surface area contributed by atoms with Gasteiger partial charge in [-0.05, 0) is 58.2 Å². The summed E-state index contributed by atoms with van der Waals surface area (Å²) in [4.78, 5) is 12.1. The van der Waals surface area contributed by atoms with Gasteiger partial charge in [-0.25, -0.2) is 4.39 Å². The number of fused-ring (bicyclic) bond motifs is 1. The fourth-order valence-corrected chi connectivity index (χ4v) is 2.61. The molecule has 0 saturated carbocycles. The highest BCUT2D eigenvalue weighted by atomic mass is 19.1. The van der Waals surface area contributed by atoms with Gasteiger partial charge in [0.1, 0.15) is 17.0 Å². The predicted octanol–water partition coefficient (Wildman–Crippen LogP) is 3.87. The maximum atomic E-state index is 14.2. The second-order valence-corrected chi connectivity index (χ2v) is 7.43. The van der Waals surface area contributed by atoms with Crippen LogP contribution in [0.5, 0.6) is 5.75 Å². The van der Waals surface area contributed by atoms with Crippen molar-refractivity contribution in [2.24, 2.45) is 5.92 Å². The summed E-state index contributed by atoms with van der Waals surface area (Å²) < 4.78 is 25.3. The normalized spacial score (nSPS) is 18.4. The molecule has 0 amide bonds. The fourth-order valence-electron chi connectivity index (χ4n) is 2.61. The van der Waals surface area contributed by atoms with Gasteiger partial charge in [-0.3, -0.25) is 4.79 Å². The highest BCUT2D eigenvalue weighted by Gasteiger charge is 2.34. The predicted molar refractivity (Wildman–Crippen MR) is 83.9 cm³/mol. The van der Waals surface area contributed by atoms with E-state index in [0.717, 1.165) is 16.9 Å². The quantitative estimate of drug-likeness (QED) is 0.795. The first-order valence-electron chi connectivity index (χ1n) is 7.70. The maximum Gasteiger partial charge on any atom is 0.310 e. The zero-order chi connectivity index (χ0) is 16.5. The second kappa shape index (κ2) is 5.90. The summed E-state index contributed by atoms with van der Waals surface area (Å²) in [5.74, 6) is 0.267. The molecule has 0 aromatic heterocycles. The van der Waals surface area contributed by atoms with Crippen molar-refractivity contribution < 1.29 is 18.7 Å². The Morgan fingerprint density at radius 2 is 2.00 bits per heavy atom. The van der Waals surface area contributed by atoms with Crippen molar-refractivity contribution >= 4 is 5.97 Å². The molecule has 0 aliphatic carbocycles. The van der Waals surface area contributed by atoms with E-state index in [2.05, 4.69) is 0 Å². The molecule has 22 heavy (non-hydrogen) atoms. The van der Waals surface area contributed by atoms with Crippen molar-refractivity contribution in [1.29, 1.82) is 0 Å². The summed E-state index contributed by atoms with van der Waals surface area (Å²) in [6.45, 7) is 9.04. The van der Waals surface area contributed by atoms with Gasteiger partial charge in [0, 0.05) is 5.92 Å². The standard InChI is InChI=1S/C18H25FO3/c1-17(2,3)22-16(20)9-12-7-6-8-15-14(12)10-13(11-21-15)18(4,5)19/h6-8,13H,9-11H2,1-5H3. The van der Waals surface area contributed by atoms with Crippen LogP contribution < -0.4 is 4.74 Å². The minimum atomic E-state index is -1.31. The molecular formula is C18H25FO3. The number of alkyl halides is 1. The number of rotatable bonds is 3. The minimum absolute atomic E-state index is 0.184. The average molecular weight is 308 g/mol. The van der Waals surface area contributed by atoms with Crippen molar-refractivity contribution in [3.8, 4) is 5.75 Å². The number of benzene rings is 1. The van der Waals surface area contributed by atoms with Gasteiger partial charge >= 0.3 is 5.97 Å². The third kappa shape index (κ3) is 4.21. The Morgan fingerprint density at radius 1 is 1.32 bits per heavy atom. The Kier molecular flexibility index (Phi) is 4.50. The Morgan fingerprint density at radius 3 is 2.59 bits per heavy atom. The lowest BCUT2D eigenvalue weighted by molar-refractivity contribution is -0.153. The molecule has 122 valence electrons. The van der Waals surface area contributed by atoms with E-state index in [9.17, 15) is 9.18 Å². The molecule has 0 N–H and O–H groups in total. The molecule has 3 nitrogen and oxygen atoms in total. The lowest BCUT2D eigenvalue weighted by Crippen LogP contribution is -2.36. The van der Waals surface area contributed by atoms with Crippen LogP contribution in [0.2, 0.25) is 0 Å². The van der Waals surface area contributed by atoms with E-state index >= 15 is 0 Å². The van der Waals surface area contributed by atoms with Crippen molar-refractivity contribution in [2.75, 3.05) is 6.61 Å². The molecule has 0 fully saturated rings. The number of esters is 1. The summed E-state index contributed by atoms with van der Waals surface area (Å²) in [5, 5.41) is 0. The Balaban J connectivity index is 2.20. The molecule has 1 atom stereocenters. The van der Waals surface area contributed by atoms with Gasteiger partial charge in [-0.2, -0.15) is 0 Å². The first kappa shape index (κ1) is 16.8. The number of carbonyl (C=O) groups excluding carboxylic acids is 1. The van der Waals surface area contributed by atoms with Gasteiger partial charge in [0.05, 0.1) is 13.0 Å². The Hall–Kier alpha value is -1.58. The van der Waals surface area contributed by atoms with Gasteiger partial charge in [0.2, 0.25) is 0 Å². The van der Waals surface area contributed by atoms with E-state index in [1.54, 1.807) is 13.8 Å². The maximum absolute atomic E-state index is 14.2.